The SMILES string of the molecule is CCCN(C(=O)c1cccc(C(F)(F)F)c1)C(C)c1nc2ccccc2c(=O)n1-c1ccc(OCC)cc1. The summed E-state index contributed by atoms with van der Waals surface area (Å²) in [6.45, 7) is 6.20. The zero-order valence-electron chi connectivity index (χ0n) is 21.3. The molecule has 6 nitrogen and oxygen atoms in total. The minimum Gasteiger partial charge on any atom is -0.494 e. The highest BCUT2D eigenvalue weighted by Gasteiger charge is 2.32. The van der Waals surface area contributed by atoms with Crippen LogP contribution in [0, 0.1) is 0 Å². The van der Waals surface area contributed by atoms with E-state index in [0.29, 0.717) is 41.2 Å². The summed E-state index contributed by atoms with van der Waals surface area (Å²) in [5.41, 5.74) is -0.311. The van der Waals surface area contributed by atoms with E-state index in [2.05, 4.69) is 0 Å². The molecule has 0 fully saturated rings. The first-order chi connectivity index (χ1) is 18.2. The van der Waals surface area contributed by atoms with E-state index in [1.807, 2.05) is 13.8 Å². The fraction of sp³-hybridized carbons (Fsp3) is 0.276. The Labute approximate surface area is 218 Å². The molecule has 38 heavy (non-hydrogen) atoms. The van der Waals surface area contributed by atoms with Crippen LogP contribution in [0.15, 0.2) is 77.6 Å². The predicted molar refractivity (Wildman–Crippen MR) is 140 cm³/mol. The number of carbonyl (C=O) groups excluding carboxylic acids is 1. The minimum absolute atomic E-state index is 0.0871. The monoisotopic (exact) mass is 523 g/mol. The summed E-state index contributed by atoms with van der Waals surface area (Å²) in [6.07, 6.45) is -4.03. The van der Waals surface area contributed by atoms with Gasteiger partial charge in [0.1, 0.15) is 11.6 Å². The Hall–Kier alpha value is -4.14. The molecule has 0 saturated heterocycles. The molecular formula is C29H28F3N3O3. The van der Waals surface area contributed by atoms with E-state index < -0.39 is 23.7 Å². The first kappa shape index (κ1) is 26.9. The maximum absolute atomic E-state index is 13.7. The van der Waals surface area contributed by atoms with Crippen LogP contribution < -0.4 is 10.3 Å². The van der Waals surface area contributed by atoms with Crippen molar-refractivity contribution in [3.05, 3.63) is 100 Å². The Kier molecular flexibility index (Phi) is 7.85. The number of halogens is 3. The number of fused-ring (bicyclic) bond motifs is 1. The van der Waals surface area contributed by atoms with Crippen molar-refractivity contribution in [1.82, 2.24) is 14.5 Å². The quantitative estimate of drug-likeness (QED) is 0.268. The number of amides is 1. The van der Waals surface area contributed by atoms with E-state index >= 15 is 0 Å². The highest BCUT2D eigenvalue weighted by molar-refractivity contribution is 5.94. The topological polar surface area (TPSA) is 64.4 Å². The van der Waals surface area contributed by atoms with Crippen molar-refractivity contribution in [3.8, 4) is 11.4 Å². The van der Waals surface area contributed by atoms with E-state index in [4.69, 9.17) is 9.72 Å². The lowest BCUT2D eigenvalue weighted by molar-refractivity contribution is -0.137. The third-order valence-corrected chi connectivity index (χ3v) is 6.21. The maximum atomic E-state index is 13.7. The van der Waals surface area contributed by atoms with Gasteiger partial charge in [0, 0.05) is 12.1 Å². The highest BCUT2D eigenvalue weighted by atomic mass is 19.4. The lowest BCUT2D eigenvalue weighted by Gasteiger charge is -2.30. The van der Waals surface area contributed by atoms with Crippen molar-refractivity contribution >= 4 is 16.8 Å². The summed E-state index contributed by atoms with van der Waals surface area (Å²) in [6, 6.07) is 17.5. The molecule has 0 bridgehead atoms. The zero-order chi connectivity index (χ0) is 27.4. The Morgan fingerprint density at radius 3 is 2.39 bits per heavy atom. The Bertz CT molecular complexity index is 1500. The molecule has 4 rings (SSSR count). The van der Waals surface area contributed by atoms with Gasteiger partial charge in [0.05, 0.1) is 34.8 Å². The number of carbonyl (C=O) groups is 1. The number of nitrogens with zero attached hydrogens (tertiary/aromatic N) is 3. The van der Waals surface area contributed by atoms with Gasteiger partial charge in [-0.25, -0.2) is 4.98 Å². The van der Waals surface area contributed by atoms with Crippen LogP contribution in [0.2, 0.25) is 0 Å². The molecule has 1 amide bonds. The zero-order valence-corrected chi connectivity index (χ0v) is 21.3. The van der Waals surface area contributed by atoms with Gasteiger partial charge in [-0.3, -0.25) is 14.2 Å². The minimum atomic E-state index is -4.58. The molecule has 198 valence electrons. The lowest BCUT2D eigenvalue weighted by Crippen LogP contribution is -2.38. The van der Waals surface area contributed by atoms with Crippen LogP contribution in [0.5, 0.6) is 5.75 Å². The number of rotatable bonds is 8. The summed E-state index contributed by atoms with van der Waals surface area (Å²) in [5.74, 6) is 0.359. The van der Waals surface area contributed by atoms with Crippen LogP contribution >= 0.6 is 0 Å². The molecule has 9 heteroatoms. The number of aromatic nitrogens is 2. The Balaban J connectivity index is 1.86. The van der Waals surface area contributed by atoms with Crippen LogP contribution in [0.25, 0.3) is 16.6 Å². The number of hydrogen-bond acceptors (Lipinski definition) is 4. The molecule has 0 N–H and O–H groups in total. The fourth-order valence-corrected chi connectivity index (χ4v) is 4.38. The second kappa shape index (κ2) is 11.1. The third kappa shape index (κ3) is 5.41. The van der Waals surface area contributed by atoms with Crippen molar-refractivity contribution in [2.75, 3.05) is 13.2 Å². The number of benzene rings is 3. The first-order valence-corrected chi connectivity index (χ1v) is 12.4. The molecule has 1 aromatic heterocycles. The smallest absolute Gasteiger partial charge is 0.416 e. The van der Waals surface area contributed by atoms with Crippen molar-refractivity contribution in [3.63, 3.8) is 0 Å². The first-order valence-electron chi connectivity index (χ1n) is 12.4. The number of alkyl halides is 3. The van der Waals surface area contributed by atoms with Gasteiger partial charge in [-0.15, -0.1) is 0 Å². The van der Waals surface area contributed by atoms with Gasteiger partial charge in [-0.1, -0.05) is 25.1 Å². The molecule has 1 heterocycles. The van der Waals surface area contributed by atoms with Crippen LogP contribution in [-0.2, 0) is 6.18 Å². The molecule has 3 aromatic carbocycles. The second-order valence-electron chi connectivity index (χ2n) is 8.81. The van der Waals surface area contributed by atoms with Crippen LogP contribution in [0.1, 0.15) is 55.0 Å². The summed E-state index contributed by atoms with van der Waals surface area (Å²) >= 11 is 0. The lowest BCUT2D eigenvalue weighted by atomic mass is 10.1. The normalized spacial score (nSPS) is 12.4. The molecule has 0 spiro atoms. The van der Waals surface area contributed by atoms with Crippen LogP contribution in [-0.4, -0.2) is 33.5 Å². The molecule has 0 saturated carbocycles. The second-order valence-corrected chi connectivity index (χ2v) is 8.81. The number of para-hydroxylation sites is 1. The van der Waals surface area contributed by atoms with Gasteiger partial charge in [0.25, 0.3) is 11.5 Å². The molecule has 0 aliphatic heterocycles. The van der Waals surface area contributed by atoms with Crippen LogP contribution in [0.3, 0.4) is 0 Å². The number of hydrogen-bond donors (Lipinski definition) is 0. The summed E-state index contributed by atoms with van der Waals surface area (Å²) in [7, 11) is 0. The highest BCUT2D eigenvalue weighted by Crippen LogP contribution is 2.31. The largest absolute Gasteiger partial charge is 0.494 e. The molecule has 0 radical (unpaired) electrons. The van der Waals surface area contributed by atoms with Gasteiger partial charge in [-0.2, -0.15) is 13.2 Å². The van der Waals surface area contributed by atoms with Gasteiger partial charge >= 0.3 is 6.18 Å². The fourth-order valence-electron chi connectivity index (χ4n) is 4.38. The van der Waals surface area contributed by atoms with Crippen LogP contribution in [0.4, 0.5) is 13.2 Å². The van der Waals surface area contributed by atoms with Crippen molar-refractivity contribution in [2.24, 2.45) is 0 Å². The molecule has 0 aliphatic carbocycles. The van der Waals surface area contributed by atoms with E-state index in [1.165, 1.54) is 21.6 Å². The van der Waals surface area contributed by atoms with E-state index in [9.17, 15) is 22.8 Å². The summed E-state index contributed by atoms with van der Waals surface area (Å²) in [4.78, 5) is 33.5. The third-order valence-electron chi connectivity index (χ3n) is 6.21. The Morgan fingerprint density at radius 1 is 1.03 bits per heavy atom. The maximum Gasteiger partial charge on any atom is 0.416 e. The van der Waals surface area contributed by atoms with E-state index in [0.717, 1.165) is 12.1 Å². The van der Waals surface area contributed by atoms with Gasteiger partial charge < -0.3 is 9.64 Å². The van der Waals surface area contributed by atoms with Gasteiger partial charge in [-0.05, 0) is 74.9 Å². The average molecular weight is 524 g/mol. The molecule has 4 aromatic rings. The average Bonchev–Trinajstić information content (AvgIpc) is 2.91. The molecule has 1 atom stereocenters. The van der Waals surface area contributed by atoms with Crippen molar-refractivity contribution < 1.29 is 22.7 Å². The molecular weight excluding hydrogens is 495 g/mol. The Morgan fingerprint density at radius 2 is 1.74 bits per heavy atom. The van der Waals surface area contributed by atoms with Gasteiger partial charge in [0.15, 0.2) is 0 Å². The summed E-state index contributed by atoms with van der Waals surface area (Å²) < 4.78 is 47.0. The standard InChI is InChI=1S/C29H28F3N3O3/c1-4-17-34(27(36)20-9-8-10-21(18-20)29(30,31)32)19(3)26-33-25-12-7-6-11-24(25)28(37)35(26)22-13-15-23(16-14-22)38-5-2/h6-16,18-19H,4-5,17H2,1-3H3. The van der Waals surface area contributed by atoms with Crippen molar-refractivity contribution in [1.29, 1.82) is 0 Å². The van der Waals surface area contributed by atoms with Crippen molar-refractivity contribution in [2.45, 2.75) is 39.4 Å². The van der Waals surface area contributed by atoms with E-state index in [1.54, 1.807) is 55.5 Å². The molecule has 0 aliphatic rings. The molecule has 1 unspecified atom stereocenters. The van der Waals surface area contributed by atoms with E-state index in [-0.39, 0.29) is 17.7 Å². The summed E-state index contributed by atoms with van der Waals surface area (Å²) in [5, 5.41) is 0.406. The predicted octanol–water partition coefficient (Wildman–Crippen LogP) is 6.42. The van der Waals surface area contributed by atoms with Gasteiger partial charge in [0.2, 0.25) is 0 Å². The number of ether oxygens (including phenoxy) is 1.